The minimum absolute atomic E-state index is 0.239. The van der Waals surface area contributed by atoms with Crippen LogP contribution in [0.15, 0.2) is 48.7 Å². The summed E-state index contributed by atoms with van der Waals surface area (Å²) in [4.78, 5) is 0. The van der Waals surface area contributed by atoms with Gasteiger partial charge in [-0.15, -0.1) is 0 Å². The van der Waals surface area contributed by atoms with Crippen molar-refractivity contribution >= 4 is 26.6 Å². The second-order valence-corrected chi connectivity index (χ2v) is 7.79. The summed E-state index contributed by atoms with van der Waals surface area (Å²) in [7, 11) is -3.16. The van der Waals surface area contributed by atoms with E-state index in [1.807, 2.05) is 48.7 Å². The molecule has 2 heterocycles. The molecule has 0 bridgehead atoms. The second-order valence-electron chi connectivity index (χ2n) is 5.78. The van der Waals surface area contributed by atoms with E-state index in [2.05, 4.69) is 10.2 Å². The molecule has 118 valence electrons. The quantitative estimate of drug-likeness (QED) is 0.786. The number of aromatic nitrogens is 2. The molecule has 2 aromatic carbocycles. The number of sulfonamides is 1. The van der Waals surface area contributed by atoms with Gasteiger partial charge >= 0.3 is 0 Å². The third kappa shape index (κ3) is 2.49. The monoisotopic (exact) mass is 327 g/mol. The zero-order valence-electron chi connectivity index (χ0n) is 12.6. The lowest BCUT2D eigenvalue weighted by Crippen LogP contribution is -2.37. The van der Waals surface area contributed by atoms with E-state index in [1.54, 1.807) is 0 Å². The second kappa shape index (κ2) is 5.38. The summed E-state index contributed by atoms with van der Waals surface area (Å²) < 4.78 is 25.9. The molecule has 1 N–H and O–H groups in total. The van der Waals surface area contributed by atoms with Gasteiger partial charge < -0.3 is 0 Å². The molecule has 0 atom stereocenters. The Morgan fingerprint density at radius 3 is 2.65 bits per heavy atom. The van der Waals surface area contributed by atoms with Gasteiger partial charge in [-0.05, 0) is 42.2 Å². The van der Waals surface area contributed by atoms with Crippen LogP contribution in [0.25, 0.3) is 22.0 Å². The van der Waals surface area contributed by atoms with Crippen LogP contribution in [0.4, 0.5) is 5.69 Å². The highest BCUT2D eigenvalue weighted by Gasteiger charge is 2.25. The molecule has 3 aromatic rings. The fourth-order valence-electron chi connectivity index (χ4n) is 3.11. The van der Waals surface area contributed by atoms with Gasteiger partial charge in [0.2, 0.25) is 10.0 Å². The molecular formula is C17H17N3O2S. The summed E-state index contributed by atoms with van der Waals surface area (Å²) >= 11 is 0. The van der Waals surface area contributed by atoms with Gasteiger partial charge in [0.25, 0.3) is 0 Å². The largest absolute Gasteiger partial charge is 0.278 e. The highest BCUT2D eigenvalue weighted by molar-refractivity contribution is 7.92. The average molecular weight is 327 g/mol. The highest BCUT2D eigenvalue weighted by Crippen LogP contribution is 2.30. The number of nitrogens with zero attached hydrogens (tertiary/aromatic N) is 2. The molecule has 1 saturated heterocycles. The fraction of sp³-hybridized carbons (Fsp3) is 0.235. The van der Waals surface area contributed by atoms with Gasteiger partial charge in [0, 0.05) is 11.9 Å². The number of nitrogens with one attached hydrogen (secondary N) is 1. The Morgan fingerprint density at radius 1 is 1.04 bits per heavy atom. The van der Waals surface area contributed by atoms with Crippen molar-refractivity contribution < 1.29 is 8.42 Å². The van der Waals surface area contributed by atoms with Gasteiger partial charge in [0.05, 0.1) is 23.2 Å². The van der Waals surface area contributed by atoms with Gasteiger partial charge in [-0.2, -0.15) is 5.10 Å². The Morgan fingerprint density at radius 2 is 1.87 bits per heavy atom. The number of hydrogen-bond donors (Lipinski definition) is 1. The molecule has 0 unspecified atom stereocenters. The molecule has 0 spiro atoms. The third-order valence-corrected chi connectivity index (χ3v) is 6.17. The summed E-state index contributed by atoms with van der Waals surface area (Å²) in [6, 6.07) is 13.7. The molecule has 1 aliphatic heterocycles. The topological polar surface area (TPSA) is 66.1 Å². The van der Waals surface area contributed by atoms with Gasteiger partial charge in [0.15, 0.2) is 0 Å². The smallest absolute Gasteiger partial charge is 0.235 e. The van der Waals surface area contributed by atoms with Gasteiger partial charge in [-0.1, -0.05) is 24.3 Å². The van der Waals surface area contributed by atoms with E-state index in [-0.39, 0.29) is 5.75 Å². The van der Waals surface area contributed by atoms with E-state index in [4.69, 9.17) is 0 Å². The van der Waals surface area contributed by atoms with Crippen molar-refractivity contribution in [2.24, 2.45) is 0 Å². The molecule has 1 fully saturated rings. The van der Waals surface area contributed by atoms with E-state index in [0.717, 1.165) is 40.6 Å². The fourth-order valence-corrected chi connectivity index (χ4v) is 4.75. The first-order valence-corrected chi connectivity index (χ1v) is 9.29. The zero-order chi connectivity index (χ0) is 15.9. The van der Waals surface area contributed by atoms with Crippen LogP contribution in [0.5, 0.6) is 0 Å². The molecular weight excluding hydrogens is 310 g/mol. The first-order valence-electron chi connectivity index (χ1n) is 7.68. The van der Waals surface area contributed by atoms with Crippen LogP contribution in [-0.2, 0) is 10.0 Å². The number of benzene rings is 2. The molecule has 1 aliphatic rings. The number of fused-ring (bicyclic) bond motifs is 1. The Bertz CT molecular complexity index is 945. The van der Waals surface area contributed by atoms with E-state index in [9.17, 15) is 8.42 Å². The van der Waals surface area contributed by atoms with Crippen LogP contribution in [0.3, 0.4) is 0 Å². The molecule has 6 heteroatoms. The maximum atomic E-state index is 12.2. The van der Waals surface area contributed by atoms with Crippen molar-refractivity contribution in [1.29, 1.82) is 0 Å². The summed E-state index contributed by atoms with van der Waals surface area (Å²) in [5, 5.41) is 8.11. The van der Waals surface area contributed by atoms with Gasteiger partial charge in [-0.3, -0.25) is 9.40 Å². The number of anilines is 1. The van der Waals surface area contributed by atoms with Crippen molar-refractivity contribution in [2.75, 3.05) is 16.6 Å². The standard InChI is InChI=1S/C17H17N3O2S/c21-23(22)11-2-1-10-20(23)14-8-6-13(7-9-14)15-4-3-5-17-16(15)12-18-19-17/h3-9,12H,1-2,10-11H2,(H,18,19). The molecule has 0 aliphatic carbocycles. The number of hydrogen-bond acceptors (Lipinski definition) is 3. The summed E-state index contributed by atoms with van der Waals surface area (Å²) in [6.07, 6.45) is 3.47. The lowest BCUT2D eigenvalue weighted by atomic mass is 10.0. The minimum Gasteiger partial charge on any atom is -0.278 e. The summed E-state index contributed by atoms with van der Waals surface area (Å²) in [6.45, 7) is 0.568. The molecule has 0 saturated carbocycles. The van der Waals surface area contributed by atoms with Crippen LogP contribution < -0.4 is 4.31 Å². The van der Waals surface area contributed by atoms with Crippen LogP contribution in [0, 0.1) is 0 Å². The van der Waals surface area contributed by atoms with Crippen molar-refractivity contribution in [3.8, 4) is 11.1 Å². The lowest BCUT2D eigenvalue weighted by Gasteiger charge is -2.28. The van der Waals surface area contributed by atoms with E-state index < -0.39 is 10.0 Å². The number of aromatic amines is 1. The summed E-state index contributed by atoms with van der Waals surface area (Å²) in [5.41, 5.74) is 3.87. The SMILES string of the molecule is O=S1(=O)CCCCN1c1ccc(-c2cccc3[nH]ncc23)cc1. The third-order valence-electron chi connectivity index (χ3n) is 4.30. The van der Waals surface area contributed by atoms with Crippen LogP contribution in [0.2, 0.25) is 0 Å². The van der Waals surface area contributed by atoms with Crippen LogP contribution in [0.1, 0.15) is 12.8 Å². The average Bonchev–Trinajstić information content (AvgIpc) is 3.03. The predicted molar refractivity (Wildman–Crippen MR) is 91.9 cm³/mol. The van der Waals surface area contributed by atoms with Crippen LogP contribution >= 0.6 is 0 Å². The summed E-state index contributed by atoms with van der Waals surface area (Å²) in [5.74, 6) is 0.239. The van der Waals surface area contributed by atoms with E-state index in [1.165, 1.54) is 4.31 Å². The molecule has 5 nitrogen and oxygen atoms in total. The zero-order valence-corrected chi connectivity index (χ0v) is 13.4. The molecule has 1 aromatic heterocycles. The minimum atomic E-state index is -3.16. The van der Waals surface area contributed by atoms with Gasteiger partial charge in [0.1, 0.15) is 0 Å². The molecule has 0 amide bonds. The predicted octanol–water partition coefficient (Wildman–Crippen LogP) is 3.16. The van der Waals surface area contributed by atoms with Crippen molar-refractivity contribution in [1.82, 2.24) is 10.2 Å². The van der Waals surface area contributed by atoms with Crippen LogP contribution in [-0.4, -0.2) is 30.9 Å². The normalized spacial score (nSPS) is 17.5. The Balaban J connectivity index is 1.72. The van der Waals surface area contributed by atoms with Crippen molar-refractivity contribution in [3.05, 3.63) is 48.7 Å². The first kappa shape index (κ1) is 14.3. The van der Waals surface area contributed by atoms with E-state index >= 15 is 0 Å². The lowest BCUT2D eigenvalue weighted by molar-refractivity contribution is 0.574. The Labute approximate surface area is 135 Å². The Kier molecular flexibility index (Phi) is 3.34. The molecule has 0 radical (unpaired) electrons. The van der Waals surface area contributed by atoms with Crippen molar-refractivity contribution in [2.45, 2.75) is 12.8 Å². The maximum Gasteiger partial charge on any atom is 0.235 e. The van der Waals surface area contributed by atoms with E-state index in [0.29, 0.717) is 6.54 Å². The maximum absolute atomic E-state index is 12.2. The van der Waals surface area contributed by atoms with Crippen molar-refractivity contribution in [3.63, 3.8) is 0 Å². The highest BCUT2D eigenvalue weighted by atomic mass is 32.2. The first-order chi connectivity index (χ1) is 11.1. The molecule has 23 heavy (non-hydrogen) atoms. The molecule has 4 rings (SSSR count). The number of H-pyrrole nitrogens is 1. The van der Waals surface area contributed by atoms with Gasteiger partial charge in [-0.25, -0.2) is 8.42 Å². The Hall–Kier alpha value is -2.34. The number of rotatable bonds is 2.